The van der Waals surface area contributed by atoms with Gasteiger partial charge in [-0.1, -0.05) is 13.8 Å². The summed E-state index contributed by atoms with van der Waals surface area (Å²) in [6.07, 6.45) is 4.73. The molecule has 112 valence electrons. The van der Waals surface area contributed by atoms with E-state index < -0.39 is 0 Å². The lowest BCUT2D eigenvalue weighted by Gasteiger charge is -2.29. The summed E-state index contributed by atoms with van der Waals surface area (Å²) in [6.45, 7) is 9.16. The minimum atomic E-state index is 0.612. The van der Waals surface area contributed by atoms with Gasteiger partial charge in [0.25, 0.3) is 0 Å². The Morgan fingerprint density at radius 1 is 1.20 bits per heavy atom. The minimum Gasteiger partial charge on any atom is -0.383 e. The molecule has 20 heavy (non-hydrogen) atoms. The molecule has 0 aliphatic heterocycles. The van der Waals surface area contributed by atoms with Gasteiger partial charge in [-0.2, -0.15) is 0 Å². The normalized spacial score (nSPS) is 14.4. The van der Waals surface area contributed by atoms with E-state index in [-0.39, 0.29) is 0 Å². The SMILES string of the molecule is COCCN(CC(C)C)c1nc(C)nc2c1CCCC2. The first-order chi connectivity index (χ1) is 9.61. The lowest BCUT2D eigenvalue weighted by Crippen LogP contribution is -2.33. The molecule has 0 fully saturated rings. The van der Waals surface area contributed by atoms with Gasteiger partial charge in [0, 0.05) is 31.5 Å². The van der Waals surface area contributed by atoms with Crippen molar-refractivity contribution in [3.8, 4) is 0 Å². The Kier molecular flexibility index (Phi) is 5.35. The third-order valence-corrected chi connectivity index (χ3v) is 3.72. The first-order valence-corrected chi connectivity index (χ1v) is 7.72. The predicted molar refractivity (Wildman–Crippen MR) is 82.3 cm³/mol. The zero-order chi connectivity index (χ0) is 14.5. The van der Waals surface area contributed by atoms with Gasteiger partial charge in [0.2, 0.25) is 0 Å². The van der Waals surface area contributed by atoms with Crippen LogP contribution in [0, 0.1) is 12.8 Å². The Morgan fingerprint density at radius 2 is 1.95 bits per heavy atom. The van der Waals surface area contributed by atoms with Crippen LogP contribution >= 0.6 is 0 Å². The summed E-state index contributed by atoms with van der Waals surface area (Å²) >= 11 is 0. The van der Waals surface area contributed by atoms with Crippen molar-refractivity contribution in [3.05, 3.63) is 17.1 Å². The molecule has 2 rings (SSSR count). The van der Waals surface area contributed by atoms with Crippen LogP contribution in [0.2, 0.25) is 0 Å². The zero-order valence-corrected chi connectivity index (χ0v) is 13.3. The van der Waals surface area contributed by atoms with Crippen LogP contribution in [0.3, 0.4) is 0 Å². The molecular formula is C16H27N3O. The number of rotatable bonds is 6. The molecule has 0 N–H and O–H groups in total. The van der Waals surface area contributed by atoms with Crippen molar-refractivity contribution in [3.63, 3.8) is 0 Å². The second kappa shape index (κ2) is 7.02. The maximum atomic E-state index is 5.26. The van der Waals surface area contributed by atoms with E-state index in [1.807, 2.05) is 6.92 Å². The minimum absolute atomic E-state index is 0.612. The molecule has 1 heterocycles. The first kappa shape index (κ1) is 15.2. The first-order valence-electron chi connectivity index (χ1n) is 7.72. The van der Waals surface area contributed by atoms with Crippen LogP contribution < -0.4 is 4.90 Å². The number of methoxy groups -OCH3 is 1. The van der Waals surface area contributed by atoms with E-state index >= 15 is 0 Å². The van der Waals surface area contributed by atoms with E-state index in [1.165, 1.54) is 24.1 Å². The fourth-order valence-electron chi connectivity index (χ4n) is 2.88. The summed E-state index contributed by atoms with van der Waals surface area (Å²) in [6, 6.07) is 0. The third-order valence-electron chi connectivity index (χ3n) is 3.72. The number of fused-ring (bicyclic) bond motifs is 1. The summed E-state index contributed by atoms with van der Waals surface area (Å²) < 4.78 is 5.26. The van der Waals surface area contributed by atoms with Crippen molar-refractivity contribution < 1.29 is 4.74 Å². The Morgan fingerprint density at radius 3 is 2.65 bits per heavy atom. The van der Waals surface area contributed by atoms with Crippen molar-refractivity contribution in [1.29, 1.82) is 0 Å². The Labute approximate surface area is 122 Å². The smallest absolute Gasteiger partial charge is 0.135 e. The molecule has 1 aliphatic carbocycles. The highest BCUT2D eigenvalue weighted by Gasteiger charge is 2.21. The average molecular weight is 277 g/mol. The molecule has 4 heteroatoms. The summed E-state index contributed by atoms with van der Waals surface area (Å²) in [5.41, 5.74) is 2.64. The van der Waals surface area contributed by atoms with E-state index in [0.717, 1.165) is 44.2 Å². The van der Waals surface area contributed by atoms with Crippen LogP contribution in [0.5, 0.6) is 0 Å². The molecule has 0 amide bonds. The van der Waals surface area contributed by atoms with E-state index in [2.05, 4.69) is 23.7 Å². The second-order valence-electron chi connectivity index (χ2n) is 6.06. The Bertz CT molecular complexity index is 446. The molecule has 0 bridgehead atoms. The number of aromatic nitrogens is 2. The van der Waals surface area contributed by atoms with Gasteiger partial charge in [-0.25, -0.2) is 9.97 Å². The highest BCUT2D eigenvalue weighted by molar-refractivity contribution is 5.50. The van der Waals surface area contributed by atoms with Gasteiger partial charge in [0.05, 0.1) is 6.61 Å². The van der Waals surface area contributed by atoms with Crippen LogP contribution in [0.25, 0.3) is 0 Å². The number of hydrogen-bond donors (Lipinski definition) is 0. The second-order valence-corrected chi connectivity index (χ2v) is 6.06. The van der Waals surface area contributed by atoms with Crippen LogP contribution in [-0.2, 0) is 17.6 Å². The lowest BCUT2D eigenvalue weighted by molar-refractivity contribution is 0.204. The summed E-state index contributed by atoms with van der Waals surface area (Å²) in [4.78, 5) is 11.8. The summed E-state index contributed by atoms with van der Waals surface area (Å²) in [7, 11) is 1.76. The molecule has 4 nitrogen and oxygen atoms in total. The molecule has 1 aromatic heterocycles. The standard InChI is InChI=1S/C16H27N3O/c1-12(2)11-19(9-10-20-4)16-14-7-5-6-8-15(14)17-13(3)18-16/h12H,5-11H2,1-4H3. The van der Waals surface area contributed by atoms with Crippen molar-refractivity contribution in [2.75, 3.05) is 31.7 Å². The van der Waals surface area contributed by atoms with E-state index in [9.17, 15) is 0 Å². The summed E-state index contributed by atoms with van der Waals surface area (Å²) in [5, 5.41) is 0. The molecule has 0 spiro atoms. The quantitative estimate of drug-likeness (QED) is 0.801. The number of aryl methyl sites for hydroxylation is 2. The fourth-order valence-corrected chi connectivity index (χ4v) is 2.88. The highest BCUT2D eigenvalue weighted by Crippen LogP contribution is 2.28. The number of anilines is 1. The lowest BCUT2D eigenvalue weighted by atomic mass is 9.96. The van der Waals surface area contributed by atoms with Crippen LogP contribution in [-0.4, -0.2) is 36.8 Å². The zero-order valence-electron chi connectivity index (χ0n) is 13.3. The molecule has 1 aliphatic rings. The molecular weight excluding hydrogens is 250 g/mol. The molecule has 1 aromatic rings. The Balaban J connectivity index is 2.32. The molecule has 0 saturated heterocycles. The number of ether oxygens (including phenoxy) is 1. The highest BCUT2D eigenvalue weighted by atomic mass is 16.5. The monoisotopic (exact) mass is 277 g/mol. The van der Waals surface area contributed by atoms with Gasteiger partial charge in [-0.3, -0.25) is 0 Å². The molecule has 0 atom stereocenters. The van der Waals surface area contributed by atoms with Crippen molar-refractivity contribution in [2.45, 2.75) is 46.5 Å². The maximum absolute atomic E-state index is 5.26. The predicted octanol–water partition coefficient (Wildman–Crippen LogP) is 2.77. The van der Waals surface area contributed by atoms with Gasteiger partial charge in [-0.15, -0.1) is 0 Å². The van der Waals surface area contributed by atoms with Crippen LogP contribution in [0.1, 0.15) is 43.8 Å². The molecule has 0 unspecified atom stereocenters. The average Bonchev–Trinajstić information content (AvgIpc) is 2.42. The maximum Gasteiger partial charge on any atom is 0.135 e. The number of hydrogen-bond acceptors (Lipinski definition) is 4. The molecule has 0 radical (unpaired) electrons. The molecule has 0 aromatic carbocycles. The fraction of sp³-hybridized carbons (Fsp3) is 0.750. The van der Waals surface area contributed by atoms with Gasteiger partial charge in [-0.05, 0) is 38.5 Å². The van der Waals surface area contributed by atoms with Crippen LogP contribution in [0.4, 0.5) is 5.82 Å². The van der Waals surface area contributed by atoms with Gasteiger partial charge in [0.15, 0.2) is 0 Å². The van der Waals surface area contributed by atoms with E-state index in [1.54, 1.807) is 7.11 Å². The third kappa shape index (κ3) is 3.69. The Hall–Kier alpha value is -1.16. The summed E-state index contributed by atoms with van der Waals surface area (Å²) in [5.74, 6) is 2.66. The van der Waals surface area contributed by atoms with Crippen molar-refractivity contribution >= 4 is 5.82 Å². The van der Waals surface area contributed by atoms with E-state index in [0.29, 0.717) is 5.92 Å². The van der Waals surface area contributed by atoms with Crippen molar-refractivity contribution in [1.82, 2.24) is 9.97 Å². The van der Waals surface area contributed by atoms with Gasteiger partial charge < -0.3 is 9.64 Å². The van der Waals surface area contributed by atoms with E-state index in [4.69, 9.17) is 9.72 Å². The number of nitrogens with zero attached hydrogens (tertiary/aromatic N) is 3. The topological polar surface area (TPSA) is 38.2 Å². The van der Waals surface area contributed by atoms with Crippen LogP contribution in [0.15, 0.2) is 0 Å². The van der Waals surface area contributed by atoms with Crippen molar-refractivity contribution in [2.24, 2.45) is 5.92 Å². The molecule has 0 saturated carbocycles. The largest absolute Gasteiger partial charge is 0.383 e. The van der Waals surface area contributed by atoms with Gasteiger partial charge >= 0.3 is 0 Å². The van der Waals surface area contributed by atoms with Gasteiger partial charge in [0.1, 0.15) is 11.6 Å².